The Morgan fingerprint density at radius 1 is 1.07 bits per heavy atom. The van der Waals surface area contributed by atoms with Crippen LogP contribution in [0.1, 0.15) is 59.2 Å². The van der Waals surface area contributed by atoms with Gasteiger partial charge >= 0.3 is 0 Å². The van der Waals surface area contributed by atoms with E-state index in [2.05, 4.69) is 10.6 Å². The van der Waals surface area contributed by atoms with Crippen LogP contribution >= 0.6 is 0 Å². The number of nitrogens with two attached hydrogens (primary N) is 1. The lowest BCUT2D eigenvalue weighted by Gasteiger charge is -2.58. The van der Waals surface area contributed by atoms with E-state index in [9.17, 15) is 19.2 Å². The van der Waals surface area contributed by atoms with Gasteiger partial charge in [-0.2, -0.15) is 0 Å². The summed E-state index contributed by atoms with van der Waals surface area (Å²) in [6, 6.07) is 4.59. The molecule has 0 radical (unpaired) electrons. The smallest absolute Gasteiger partial charge is 0.262 e. The van der Waals surface area contributed by atoms with Gasteiger partial charge < -0.3 is 11.1 Å². The molecule has 8 heteroatoms. The number of nitrogens with one attached hydrogen (secondary N) is 2. The van der Waals surface area contributed by atoms with E-state index in [-0.39, 0.29) is 18.7 Å². The number of carbonyl (C=O) groups excluding carboxylic acids is 4. The minimum absolute atomic E-state index is 0.116. The van der Waals surface area contributed by atoms with Crippen molar-refractivity contribution in [2.75, 3.05) is 11.9 Å². The molecule has 1 atom stereocenters. The zero-order valence-electron chi connectivity index (χ0n) is 16.1. The summed E-state index contributed by atoms with van der Waals surface area (Å²) in [5.41, 5.74) is 7.61. The van der Waals surface area contributed by atoms with Crippen LogP contribution in [0, 0.1) is 11.3 Å². The number of piperidine rings is 1. The van der Waals surface area contributed by atoms with Gasteiger partial charge in [-0.05, 0) is 68.2 Å². The molecule has 2 aliphatic carbocycles. The summed E-state index contributed by atoms with van der Waals surface area (Å²) in [4.78, 5) is 50.1. The lowest BCUT2D eigenvalue weighted by Crippen LogP contribution is -2.54. The highest BCUT2D eigenvalue weighted by Crippen LogP contribution is 2.58. The molecule has 4 aliphatic rings. The van der Waals surface area contributed by atoms with Gasteiger partial charge in [-0.3, -0.25) is 29.4 Å². The first-order valence-corrected chi connectivity index (χ1v) is 10.2. The van der Waals surface area contributed by atoms with E-state index in [0.717, 1.165) is 30.0 Å². The Morgan fingerprint density at radius 2 is 1.79 bits per heavy atom. The second-order valence-corrected chi connectivity index (χ2v) is 8.97. The molecule has 2 saturated carbocycles. The van der Waals surface area contributed by atoms with Gasteiger partial charge in [0.15, 0.2) is 0 Å². The maximum Gasteiger partial charge on any atom is 0.262 e. The van der Waals surface area contributed by atoms with Crippen molar-refractivity contribution in [3.63, 3.8) is 0 Å². The third-order valence-corrected chi connectivity index (χ3v) is 6.95. The van der Waals surface area contributed by atoms with Gasteiger partial charge in [0.2, 0.25) is 11.8 Å². The van der Waals surface area contributed by atoms with E-state index in [1.54, 1.807) is 12.1 Å². The molecule has 0 aromatic heterocycles. The van der Waals surface area contributed by atoms with Crippen LogP contribution in [0.3, 0.4) is 0 Å². The van der Waals surface area contributed by atoms with Gasteiger partial charge in [-0.25, -0.2) is 0 Å². The van der Waals surface area contributed by atoms with Crippen LogP contribution in [-0.2, 0) is 9.59 Å². The average Bonchev–Trinajstić information content (AvgIpc) is 2.87. The van der Waals surface area contributed by atoms with E-state index < -0.39 is 23.8 Å². The van der Waals surface area contributed by atoms with E-state index in [1.807, 2.05) is 6.07 Å². The standard InChI is InChI=1S/C21H24N4O4/c22-10-11-6-21(7-11)8-13(9-21)23-12-1-2-14-15(5-12)20(29)25(19(14)28)16-3-4-17(26)24-18(16)27/h1-2,5,11,13,16,23H,3-4,6-10,22H2,(H,24,26,27). The van der Waals surface area contributed by atoms with E-state index >= 15 is 0 Å². The van der Waals surface area contributed by atoms with Crippen LogP contribution in [0.25, 0.3) is 0 Å². The number of amides is 4. The Morgan fingerprint density at radius 3 is 2.48 bits per heavy atom. The lowest BCUT2D eigenvalue weighted by molar-refractivity contribution is -0.136. The van der Waals surface area contributed by atoms with Gasteiger partial charge in [-0.1, -0.05) is 0 Å². The second-order valence-electron chi connectivity index (χ2n) is 8.97. The predicted octanol–water partition coefficient (Wildman–Crippen LogP) is 1.02. The van der Waals surface area contributed by atoms with Crippen molar-refractivity contribution in [2.45, 2.75) is 50.6 Å². The van der Waals surface area contributed by atoms with E-state index in [0.29, 0.717) is 28.5 Å². The highest BCUT2D eigenvalue weighted by Gasteiger charge is 2.52. The maximum atomic E-state index is 12.9. The molecule has 1 aromatic rings. The largest absolute Gasteiger partial charge is 0.382 e. The summed E-state index contributed by atoms with van der Waals surface area (Å²) in [6.07, 6.45) is 4.91. The topological polar surface area (TPSA) is 122 Å². The van der Waals surface area contributed by atoms with Crippen LogP contribution < -0.4 is 16.4 Å². The van der Waals surface area contributed by atoms with Gasteiger partial charge in [0.25, 0.3) is 11.8 Å². The first-order valence-electron chi connectivity index (χ1n) is 10.2. The van der Waals surface area contributed by atoms with E-state index in [1.165, 1.54) is 12.8 Å². The fourth-order valence-electron chi connectivity index (χ4n) is 5.55. The van der Waals surface area contributed by atoms with Crippen molar-refractivity contribution in [1.29, 1.82) is 0 Å². The molecule has 3 fully saturated rings. The van der Waals surface area contributed by atoms with E-state index in [4.69, 9.17) is 5.73 Å². The minimum Gasteiger partial charge on any atom is -0.382 e. The van der Waals surface area contributed by atoms with Crippen LogP contribution in [0.5, 0.6) is 0 Å². The first kappa shape index (κ1) is 18.3. The van der Waals surface area contributed by atoms with Crippen LogP contribution in [0.4, 0.5) is 5.69 Å². The molecule has 1 aromatic carbocycles. The van der Waals surface area contributed by atoms with Crippen LogP contribution in [-0.4, -0.2) is 47.2 Å². The van der Waals surface area contributed by atoms with Crippen molar-refractivity contribution in [2.24, 2.45) is 17.1 Å². The average molecular weight is 396 g/mol. The third kappa shape index (κ3) is 2.85. The summed E-state index contributed by atoms with van der Waals surface area (Å²) in [7, 11) is 0. The Kier molecular flexibility index (Phi) is 4.03. The highest BCUT2D eigenvalue weighted by atomic mass is 16.2. The normalized spacial score (nSPS) is 33.3. The van der Waals surface area contributed by atoms with Crippen molar-refractivity contribution in [3.05, 3.63) is 29.3 Å². The maximum absolute atomic E-state index is 12.9. The highest BCUT2D eigenvalue weighted by molar-refractivity contribution is 6.23. The molecule has 4 N–H and O–H groups in total. The zero-order valence-corrected chi connectivity index (χ0v) is 16.1. The number of carbonyl (C=O) groups is 4. The van der Waals surface area contributed by atoms with Crippen LogP contribution in [0.15, 0.2) is 18.2 Å². The summed E-state index contributed by atoms with van der Waals surface area (Å²) in [5.74, 6) is -1.26. The summed E-state index contributed by atoms with van der Waals surface area (Å²) in [5, 5.41) is 5.68. The number of rotatable bonds is 4. The number of hydrogen-bond acceptors (Lipinski definition) is 6. The summed E-state index contributed by atoms with van der Waals surface area (Å²) in [6.45, 7) is 0.768. The van der Waals surface area contributed by atoms with Crippen molar-refractivity contribution in [1.82, 2.24) is 10.2 Å². The molecule has 4 amide bonds. The van der Waals surface area contributed by atoms with Gasteiger partial charge in [0, 0.05) is 18.2 Å². The Balaban J connectivity index is 1.28. The molecule has 2 aliphatic heterocycles. The van der Waals surface area contributed by atoms with Crippen molar-refractivity contribution in [3.8, 4) is 0 Å². The first-order chi connectivity index (χ1) is 13.9. The molecule has 152 valence electrons. The number of imide groups is 2. The molecule has 8 nitrogen and oxygen atoms in total. The zero-order chi connectivity index (χ0) is 20.3. The third-order valence-electron chi connectivity index (χ3n) is 6.95. The molecule has 5 rings (SSSR count). The molecule has 2 heterocycles. The molecular formula is C21H24N4O4. The van der Waals surface area contributed by atoms with Crippen molar-refractivity contribution < 1.29 is 19.2 Å². The molecular weight excluding hydrogens is 372 g/mol. The van der Waals surface area contributed by atoms with Gasteiger partial charge in [0.05, 0.1) is 11.1 Å². The summed E-state index contributed by atoms with van der Waals surface area (Å²) < 4.78 is 0. The monoisotopic (exact) mass is 396 g/mol. The number of anilines is 1. The second kappa shape index (κ2) is 6.38. The SMILES string of the molecule is NCC1CC2(C1)CC(Nc1ccc3c(c1)C(=O)N(C1CCC(=O)NC1=O)C3=O)C2. The number of nitrogens with zero attached hydrogens (tertiary/aromatic N) is 1. The van der Waals surface area contributed by atoms with Gasteiger partial charge in [-0.15, -0.1) is 0 Å². The van der Waals surface area contributed by atoms with Crippen molar-refractivity contribution >= 4 is 29.3 Å². The van der Waals surface area contributed by atoms with Gasteiger partial charge in [0.1, 0.15) is 6.04 Å². The fraction of sp³-hybridized carbons (Fsp3) is 0.524. The lowest BCUT2D eigenvalue weighted by atomic mass is 9.50. The predicted molar refractivity (Wildman–Crippen MR) is 104 cm³/mol. The quantitative estimate of drug-likeness (QED) is 0.653. The molecule has 0 bridgehead atoms. The molecule has 1 saturated heterocycles. The molecule has 1 spiro atoms. The fourth-order valence-corrected chi connectivity index (χ4v) is 5.55. The Labute approximate surface area is 168 Å². The number of fused-ring (bicyclic) bond motifs is 1. The van der Waals surface area contributed by atoms with Crippen LogP contribution in [0.2, 0.25) is 0 Å². The number of benzene rings is 1. The minimum atomic E-state index is -0.933. The number of hydrogen-bond donors (Lipinski definition) is 3. The molecule has 1 unspecified atom stereocenters. The summed E-state index contributed by atoms with van der Waals surface area (Å²) >= 11 is 0. The Hall–Kier alpha value is -2.74. The molecule has 29 heavy (non-hydrogen) atoms. The Bertz CT molecular complexity index is 929.